The van der Waals surface area contributed by atoms with Gasteiger partial charge < -0.3 is 24.8 Å². The third kappa shape index (κ3) is 8.25. The van der Waals surface area contributed by atoms with Gasteiger partial charge in [-0.3, -0.25) is 4.79 Å². The molecule has 0 aromatic heterocycles. The second-order valence-electron chi connectivity index (χ2n) is 29.7. The lowest BCUT2D eigenvalue weighted by molar-refractivity contribution is -0.340. The number of ether oxygens (including phenoxy) is 2. The summed E-state index contributed by atoms with van der Waals surface area (Å²) in [6, 6.07) is 34.7. The number of hydrogen-bond acceptors (Lipinski definition) is 7. The molecule has 4 aromatic rings. The summed E-state index contributed by atoms with van der Waals surface area (Å²) in [7, 11) is 0. The predicted octanol–water partition coefficient (Wildman–Crippen LogP) is 15.5. The van der Waals surface area contributed by atoms with E-state index < -0.39 is 51.5 Å². The fourth-order valence-electron chi connectivity index (χ4n) is 22.3. The zero-order chi connectivity index (χ0) is 56.3. The van der Waals surface area contributed by atoms with Gasteiger partial charge in [0.1, 0.15) is 12.7 Å². The molecule has 0 amide bonds. The summed E-state index contributed by atoms with van der Waals surface area (Å²) in [5.41, 5.74) is 3.05. The van der Waals surface area contributed by atoms with Crippen LogP contribution in [0.2, 0.25) is 0 Å². The van der Waals surface area contributed by atoms with Crippen LogP contribution in [0, 0.1) is 62.6 Å². The van der Waals surface area contributed by atoms with E-state index in [0.717, 1.165) is 82.6 Å². The van der Waals surface area contributed by atoms with E-state index in [9.17, 15) is 20.1 Å². The molecule has 10 aliphatic rings. The molecule has 7 nitrogen and oxygen atoms in total. The number of carbonyl (C=O) groups excluding carboxylic acids is 2. The lowest BCUT2D eigenvalue weighted by Gasteiger charge is -2.72. The van der Waals surface area contributed by atoms with Crippen LogP contribution in [0.5, 0.6) is 0 Å². The van der Waals surface area contributed by atoms with Crippen LogP contribution in [0.25, 0.3) is 10.8 Å². The van der Waals surface area contributed by atoms with Crippen molar-refractivity contribution < 1.29 is 34.4 Å². The van der Waals surface area contributed by atoms with Crippen molar-refractivity contribution in [1.29, 1.82) is 0 Å². The van der Waals surface area contributed by atoms with Crippen LogP contribution in [-0.2, 0) is 30.9 Å². The van der Waals surface area contributed by atoms with Gasteiger partial charge in [-0.2, -0.15) is 0 Å². The average molecular weight is 1110 g/mol. The first kappa shape index (κ1) is 55.2. The van der Waals surface area contributed by atoms with Gasteiger partial charge in [-0.1, -0.05) is 149 Å². The van der Waals surface area contributed by atoms with Crippen molar-refractivity contribution in [2.75, 3.05) is 6.61 Å². The Bertz CT molecular complexity index is 3180. The fraction of sp³-hybridized carbons (Fsp3) is 0.627. The number of esters is 2. The van der Waals surface area contributed by atoms with E-state index >= 15 is 4.79 Å². The van der Waals surface area contributed by atoms with Gasteiger partial charge in [0.05, 0.1) is 34.1 Å². The summed E-state index contributed by atoms with van der Waals surface area (Å²) in [5, 5.41) is 45.4. The minimum Gasteiger partial charge on any atom is -0.462 e. The summed E-state index contributed by atoms with van der Waals surface area (Å²) < 4.78 is 12.9. The molecule has 434 valence electrons. The normalized spacial score (nSPS) is 39.3. The Morgan fingerprint density at radius 2 is 1.52 bits per heavy atom. The van der Waals surface area contributed by atoms with Gasteiger partial charge >= 0.3 is 11.9 Å². The molecule has 2 spiro atoms. The zero-order valence-corrected chi connectivity index (χ0v) is 49.6. The molecule has 2 heterocycles. The Morgan fingerprint density at radius 3 is 2.32 bits per heavy atom. The predicted molar refractivity (Wildman–Crippen MR) is 323 cm³/mol. The molecule has 2 aliphatic heterocycles. The van der Waals surface area contributed by atoms with Crippen molar-refractivity contribution in [1.82, 2.24) is 0 Å². The lowest BCUT2D eigenvalue weighted by atomic mass is 9.34. The van der Waals surface area contributed by atoms with Gasteiger partial charge in [-0.15, -0.1) is 5.92 Å². The van der Waals surface area contributed by atoms with E-state index in [-0.39, 0.29) is 47.6 Å². The van der Waals surface area contributed by atoms with E-state index in [4.69, 9.17) is 9.47 Å². The number of rotatable bonds is 13. The Balaban J connectivity index is 0.894. The fourth-order valence-corrected chi connectivity index (χ4v) is 22.3. The Morgan fingerprint density at radius 1 is 0.744 bits per heavy atom. The molecule has 3 N–H and O–H groups in total. The molecule has 2 bridgehead atoms. The van der Waals surface area contributed by atoms with Gasteiger partial charge in [-0.25, -0.2) is 4.79 Å². The highest BCUT2D eigenvalue weighted by Crippen LogP contribution is 2.77. The maximum absolute atomic E-state index is 15.5. The van der Waals surface area contributed by atoms with E-state index in [1.165, 1.54) is 66.8 Å². The van der Waals surface area contributed by atoms with Crippen molar-refractivity contribution in [2.24, 2.45) is 50.7 Å². The van der Waals surface area contributed by atoms with Gasteiger partial charge in [0.25, 0.3) is 0 Å². The van der Waals surface area contributed by atoms with Crippen molar-refractivity contribution >= 4 is 22.7 Å². The van der Waals surface area contributed by atoms with Crippen molar-refractivity contribution in [3.05, 3.63) is 130 Å². The first-order valence-electron chi connectivity index (χ1n) is 33.0. The summed E-state index contributed by atoms with van der Waals surface area (Å²) in [6.45, 7) is 6.97. The molecule has 0 radical (unpaired) electrons. The molecule has 4 aromatic carbocycles. The van der Waals surface area contributed by atoms with Gasteiger partial charge in [-0.05, 0) is 213 Å². The van der Waals surface area contributed by atoms with Crippen LogP contribution in [0.15, 0.2) is 103 Å². The zero-order valence-electron chi connectivity index (χ0n) is 49.6. The molecule has 82 heavy (non-hydrogen) atoms. The minimum atomic E-state index is -1.75. The topological polar surface area (TPSA) is 113 Å². The standard InChI is InChI=1S/C75H92O7/c1-49(18-15-21-50-19-7-4-8-20-50)27-30-61(76)75-62(77)34-40-70(3,67(75)60-47-69(2,74(75,80)43-31-51-44-63(78)81-48-51)35-17-38-71(68(79)82-60)36-12-6-13-37-71)55-33-42-72-41-32-53-46-73(54-23-9-5-10-24-54)39-14-11-26-58(73)57-29-28-52-22-16-25-56(59(72)45-55)64(52)65(57)66(53)72/h4-5,7-10,16,19-20,22-25,28-29,44,49,53,55,58-62,66-67,76-77,80H,6,11-15,18,21,26-27,30-34,36-43,45-48H2,1-3H3/t49-,53-,55+,58-,59+,60-,61+,62-,66-,67+,69+,70+,72+,73+,74-,75+/m1/s1. The lowest BCUT2D eigenvalue weighted by Crippen LogP contribution is -2.79. The van der Waals surface area contributed by atoms with E-state index in [1.807, 2.05) is 0 Å². The second-order valence-corrected chi connectivity index (χ2v) is 29.7. The Kier molecular flexibility index (Phi) is 14.0. The smallest absolute Gasteiger partial charge is 0.331 e. The summed E-state index contributed by atoms with van der Waals surface area (Å²) >= 11 is 0. The largest absolute Gasteiger partial charge is 0.462 e. The maximum Gasteiger partial charge on any atom is 0.331 e. The van der Waals surface area contributed by atoms with E-state index in [2.05, 4.69) is 124 Å². The van der Waals surface area contributed by atoms with Crippen molar-refractivity contribution in [3.8, 4) is 11.8 Å². The number of benzene rings is 4. The molecule has 0 unspecified atom stereocenters. The summed E-state index contributed by atoms with van der Waals surface area (Å²) in [5.74, 6) is 8.55. The quantitative estimate of drug-likeness (QED) is 0.0903. The molecular formula is C75H92O7. The van der Waals surface area contributed by atoms with E-state index in [0.29, 0.717) is 62.2 Å². The molecule has 7 heteroatoms. The van der Waals surface area contributed by atoms with Crippen molar-refractivity contribution in [2.45, 2.75) is 235 Å². The first-order chi connectivity index (χ1) is 39.7. The van der Waals surface area contributed by atoms with Crippen LogP contribution in [0.3, 0.4) is 0 Å². The number of aliphatic hydroxyl groups excluding tert-OH is 2. The number of fused-ring (bicyclic) bond motifs is 7. The minimum absolute atomic E-state index is 0.107. The van der Waals surface area contributed by atoms with E-state index in [1.54, 1.807) is 22.8 Å². The molecule has 6 fully saturated rings. The SMILES string of the molecule is C[C@H](CCCc1ccccc1)CC[C@H](O)[C@]12[C@H](O)CC[C@@](C)([C@H]3CC[C@]45CC[C@@H]6C[C@]7(c8ccccc8)CCCC[C@@H]7c7ccc8cccc(c8c7[C@@H]64)[C@@H]5C3)[C@@H]1[C@H]1C[C@](C)(C#CCC3(CCCCC3)C(=O)O1)[C@]2(O)CCC1=CC(=O)OC1. The highest BCUT2D eigenvalue weighted by atomic mass is 16.5. The highest BCUT2D eigenvalue weighted by Gasteiger charge is 2.78. The second kappa shape index (κ2) is 20.8. The monoisotopic (exact) mass is 1100 g/mol. The summed E-state index contributed by atoms with van der Waals surface area (Å²) in [6.07, 6.45) is 21.5. The van der Waals surface area contributed by atoms with Crippen LogP contribution in [-0.4, -0.2) is 57.8 Å². The number of aryl methyl sites for hydroxylation is 1. The third-order valence-electron chi connectivity index (χ3n) is 26.1. The highest BCUT2D eigenvalue weighted by molar-refractivity contribution is 5.93. The molecule has 8 aliphatic carbocycles. The molecule has 16 atom stereocenters. The van der Waals surface area contributed by atoms with Crippen LogP contribution in [0.4, 0.5) is 0 Å². The summed E-state index contributed by atoms with van der Waals surface area (Å²) in [4.78, 5) is 28.2. The van der Waals surface area contributed by atoms with Crippen LogP contribution in [0.1, 0.15) is 227 Å². The molecular weight excluding hydrogens is 1010 g/mol. The number of hydrogen-bond donors (Lipinski definition) is 3. The number of cyclic esters (lactones) is 1. The Labute approximate surface area is 489 Å². The van der Waals surface area contributed by atoms with Gasteiger partial charge in [0, 0.05) is 30.3 Å². The molecule has 14 rings (SSSR count). The third-order valence-corrected chi connectivity index (χ3v) is 26.1. The molecule has 6 saturated carbocycles. The van der Waals surface area contributed by atoms with Crippen LogP contribution >= 0.6 is 0 Å². The van der Waals surface area contributed by atoms with Crippen LogP contribution < -0.4 is 0 Å². The van der Waals surface area contributed by atoms with Crippen molar-refractivity contribution in [3.63, 3.8) is 0 Å². The maximum atomic E-state index is 15.5. The van der Waals surface area contributed by atoms with Gasteiger partial charge in [0.15, 0.2) is 0 Å². The Hall–Kier alpha value is -4.74. The first-order valence-corrected chi connectivity index (χ1v) is 33.0. The number of aliphatic hydroxyl groups is 3. The van der Waals surface area contributed by atoms with Gasteiger partial charge in [0.2, 0.25) is 0 Å². The molecule has 0 saturated heterocycles. The average Bonchev–Trinajstić information content (AvgIpc) is 2.71. The number of carbonyl (C=O) groups is 2.